The third kappa shape index (κ3) is 14.3. The summed E-state index contributed by atoms with van der Waals surface area (Å²) >= 11 is 5.74. The molecule has 20 heteroatoms. The van der Waals surface area contributed by atoms with E-state index < -0.39 is 80.7 Å². The maximum absolute atomic E-state index is 13.4. The van der Waals surface area contributed by atoms with E-state index in [0.717, 1.165) is 9.80 Å². The van der Waals surface area contributed by atoms with Gasteiger partial charge < -0.3 is 35.6 Å². The third-order valence-corrected chi connectivity index (χ3v) is 8.76. The molecule has 0 aliphatic rings. The number of carboxylic acid groups (broad SMARTS) is 5. The van der Waals surface area contributed by atoms with Gasteiger partial charge in [-0.3, -0.25) is 43.5 Å². The molecule has 1 unspecified atom stereocenters. The molecule has 0 bridgehead atoms. The first kappa shape index (κ1) is 40.6. The lowest BCUT2D eigenvalue weighted by Gasteiger charge is -2.42. The van der Waals surface area contributed by atoms with Crippen LogP contribution < -0.4 is 5.32 Å². The molecule has 250 valence electrons. The fourth-order valence-corrected chi connectivity index (χ4v) is 8.21. The van der Waals surface area contributed by atoms with Crippen LogP contribution >= 0.6 is 67.8 Å². The Bertz CT molecular complexity index is 1300. The molecule has 0 saturated carbocycles. The number of carbonyl (C=O) groups excluding carboxylic acids is 2. The number of amides is 1. The fourth-order valence-electron chi connectivity index (χ4n) is 4.13. The predicted molar refractivity (Wildman–Crippen MR) is 180 cm³/mol. The highest BCUT2D eigenvalue weighted by molar-refractivity contribution is 14.1. The Morgan fingerprint density at radius 3 is 1.64 bits per heavy atom. The van der Waals surface area contributed by atoms with Crippen molar-refractivity contribution < 1.29 is 63.8 Å². The Morgan fingerprint density at radius 1 is 0.756 bits per heavy atom. The van der Waals surface area contributed by atoms with Crippen molar-refractivity contribution in [2.24, 2.45) is 0 Å². The Kier molecular flexibility index (Phi) is 16.8. The van der Waals surface area contributed by atoms with Crippen LogP contribution in [0, 0.1) is 10.7 Å². The summed E-state index contributed by atoms with van der Waals surface area (Å²) in [4.78, 5) is 86.0. The number of nitrogens with zero attached hydrogens (tertiary/aromatic N) is 3. The molecule has 45 heavy (non-hydrogen) atoms. The van der Waals surface area contributed by atoms with Gasteiger partial charge in [0.15, 0.2) is 0 Å². The minimum absolute atomic E-state index is 0.0751. The van der Waals surface area contributed by atoms with Crippen molar-refractivity contribution in [1.82, 2.24) is 14.7 Å². The van der Waals surface area contributed by atoms with Crippen molar-refractivity contribution in [2.75, 3.05) is 64.3 Å². The molecule has 1 amide bonds. The highest BCUT2D eigenvalue weighted by Gasteiger charge is 2.39. The number of aliphatic carboxylic acids is 5. The third-order valence-electron chi connectivity index (χ3n) is 5.98. The molecule has 6 N–H and O–H groups in total. The number of hydrogen-bond donors (Lipinski definition) is 6. The van der Waals surface area contributed by atoms with E-state index >= 15 is 0 Å². The minimum Gasteiger partial charge on any atom is -0.480 e. The normalized spacial score (nSPS) is 12.5. The molecule has 0 saturated heterocycles. The number of esters is 1. The first-order valence-corrected chi connectivity index (χ1v) is 15.9. The topological polar surface area (TPSA) is 252 Å². The van der Waals surface area contributed by atoms with Crippen LogP contribution in [-0.4, -0.2) is 146 Å². The van der Waals surface area contributed by atoms with Crippen LogP contribution in [0.2, 0.25) is 0 Å². The van der Waals surface area contributed by atoms with Gasteiger partial charge in [-0.25, -0.2) is 4.79 Å². The molecule has 17 nitrogen and oxygen atoms in total. The number of benzene rings is 1. The highest BCUT2D eigenvalue weighted by Crippen LogP contribution is 2.32. The van der Waals surface area contributed by atoms with E-state index in [1.807, 2.05) is 67.8 Å². The molecule has 1 rings (SSSR count). The molecule has 0 aliphatic heterocycles. The van der Waals surface area contributed by atoms with Crippen LogP contribution in [0.1, 0.15) is 24.2 Å². The lowest BCUT2D eigenvalue weighted by atomic mass is 9.99. The lowest BCUT2D eigenvalue weighted by molar-refractivity contribution is -0.147. The first-order chi connectivity index (χ1) is 20.7. The number of anilines is 1. The summed E-state index contributed by atoms with van der Waals surface area (Å²) in [5.41, 5.74) is -1.21. The second-order valence-electron chi connectivity index (χ2n) is 9.90. The van der Waals surface area contributed by atoms with Gasteiger partial charge in [0.1, 0.15) is 6.61 Å². The maximum atomic E-state index is 13.4. The summed E-state index contributed by atoms with van der Waals surface area (Å²) in [6, 6.07) is 1.63. The van der Waals surface area contributed by atoms with Gasteiger partial charge in [0.2, 0.25) is 5.91 Å². The van der Waals surface area contributed by atoms with Crippen LogP contribution in [-0.2, 0) is 33.5 Å². The Labute approximate surface area is 297 Å². The summed E-state index contributed by atoms with van der Waals surface area (Å²) < 4.78 is 7.05. The van der Waals surface area contributed by atoms with Gasteiger partial charge in [0, 0.05) is 33.7 Å². The van der Waals surface area contributed by atoms with Crippen molar-refractivity contribution >= 4 is 115 Å². The number of carboxylic acids is 5. The molecular weight excluding hydrogens is 945 g/mol. The van der Waals surface area contributed by atoms with Gasteiger partial charge in [-0.15, -0.1) is 0 Å². The zero-order valence-corrected chi connectivity index (χ0v) is 30.4. The summed E-state index contributed by atoms with van der Waals surface area (Å²) in [6.07, 6.45) is 0. The van der Waals surface area contributed by atoms with Crippen LogP contribution in [0.5, 0.6) is 0 Å². The van der Waals surface area contributed by atoms with Gasteiger partial charge in [0.05, 0.1) is 53.1 Å². The lowest BCUT2D eigenvalue weighted by Crippen LogP contribution is -2.60. The van der Waals surface area contributed by atoms with E-state index in [1.165, 1.54) is 18.7 Å². The molecular formula is C25H31I3N4O13. The second-order valence-corrected chi connectivity index (χ2v) is 13.3. The van der Waals surface area contributed by atoms with Crippen molar-refractivity contribution in [3.05, 3.63) is 22.3 Å². The predicted octanol–water partition coefficient (Wildman–Crippen LogP) is 0.703. The number of hydrogen-bond acceptors (Lipinski definition) is 11. The van der Waals surface area contributed by atoms with Gasteiger partial charge >= 0.3 is 35.8 Å². The Hall–Kier alpha value is -2.42. The molecule has 0 aliphatic carbocycles. The van der Waals surface area contributed by atoms with Gasteiger partial charge in [-0.2, -0.15) is 0 Å². The van der Waals surface area contributed by atoms with Crippen molar-refractivity contribution in [1.29, 1.82) is 0 Å². The molecule has 1 atom stereocenters. The Morgan fingerprint density at radius 2 is 1.20 bits per heavy atom. The number of ether oxygens (including phenoxy) is 1. The summed E-state index contributed by atoms with van der Waals surface area (Å²) in [5, 5.41) is 49.5. The van der Waals surface area contributed by atoms with Crippen LogP contribution in [0.3, 0.4) is 0 Å². The Balaban J connectivity index is 3.51. The number of halogens is 3. The van der Waals surface area contributed by atoms with Crippen molar-refractivity contribution in [3.8, 4) is 0 Å². The summed E-state index contributed by atoms with van der Waals surface area (Å²) in [6.45, 7) is -2.49. The molecule has 0 spiro atoms. The molecule has 1 aromatic carbocycles. The van der Waals surface area contributed by atoms with E-state index in [2.05, 4.69) is 5.32 Å². The largest absolute Gasteiger partial charge is 0.480 e. The number of carbonyl (C=O) groups is 7. The van der Waals surface area contributed by atoms with Crippen molar-refractivity contribution in [3.63, 3.8) is 0 Å². The van der Waals surface area contributed by atoms with Crippen LogP contribution in [0.25, 0.3) is 0 Å². The molecule has 0 aromatic heterocycles. The van der Waals surface area contributed by atoms with E-state index in [0.29, 0.717) is 16.4 Å². The van der Waals surface area contributed by atoms with E-state index in [1.54, 1.807) is 6.07 Å². The van der Waals surface area contributed by atoms with Crippen LogP contribution in [0.15, 0.2) is 6.07 Å². The molecule has 0 heterocycles. The summed E-state index contributed by atoms with van der Waals surface area (Å²) in [5.74, 6) is -8.11. The van der Waals surface area contributed by atoms with Gasteiger partial charge in [-0.1, -0.05) is 0 Å². The van der Waals surface area contributed by atoms with E-state index in [9.17, 15) is 48.9 Å². The summed E-state index contributed by atoms with van der Waals surface area (Å²) in [7, 11) is 0. The molecule has 1 aromatic rings. The van der Waals surface area contributed by atoms with Crippen molar-refractivity contribution in [2.45, 2.75) is 19.4 Å². The maximum Gasteiger partial charge on any atom is 0.340 e. The van der Waals surface area contributed by atoms with E-state index in [-0.39, 0.29) is 31.1 Å². The highest BCUT2D eigenvalue weighted by atomic mass is 127. The standard InChI is InChI=1S/C25H31I3N4O13/c1-13(33)29-23-15(27)5-14(26)21(22(23)28)24(44)45-12-25(2,32(9-19(40)41)10-20(42)43)11-31(8-18(38)39)4-3-30(6-16(34)35)7-17(36)37/h5H,3-4,6-12H2,1-2H3,(H,29,33)(H,34,35)(H,36,37)(H,38,39)(H,40,41)(H,42,43). The van der Waals surface area contributed by atoms with Gasteiger partial charge in [0.25, 0.3) is 0 Å². The average molecular weight is 976 g/mol. The van der Waals surface area contributed by atoms with Crippen LogP contribution in [0.4, 0.5) is 5.69 Å². The smallest absolute Gasteiger partial charge is 0.340 e. The number of rotatable bonds is 20. The molecule has 0 fully saturated rings. The monoisotopic (exact) mass is 976 g/mol. The molecule has 0 radical (unpaired) electrons. The van der Waals surface area contributed by atoms with Gasteiger partial charge in [-0.05, 0) is 80.8 Å². The SMILES string of the molecule is CC(=O)Nc1c(I)cc(I)c(C(=O)OCC(C)(CN(CCN(CC(=O)O)CC(=O)O)CC(=O)O)N(CC(=O)O)CC(=O)O)c1I. The average Bonchev–Trinajstić information content (AvgIpc) is 2.86. The number of nitrogens with one attached hydrogen (secondary N) is 1. The first-order valence-electron chi connectivity index (χ1n) is 12.7. The zero-order chi connectivity index (χ0) is 34.6. The minimum atomic E-state index is -1.65. The second kappa shape index (κ2) is 18.7. The zero-order valence-electron chi connectivity index (χ0n) is 23.9. The quantitative estimate of drug-likeness (QED) is 0.0778. The van der Waals surface area contributed by atoms with E-state index in [4.69, 9.17) is 14.9 Å². The fraction of sp³-hybridized carbons (Fsp3) is 0.480.